The van der Waals surface area contributed by atoms with Crippen LogP contribution in [-0.2, 0) is 11.3 Å². The van der Waals surface area contributed by atoms with Gasteiger partial charge in [0.15, 0.2) is 0 Å². The standard InChI is InChI=1S/C24H24F2N4O/c25-19-8-9-23(22(26)13-19)29-12-10-20(16-29)28-24(31)17-30(21-6-2-1-3-7-21)15-18-5-4-11-27-14-18/h1-9,11,13-14,20H,10,12,15-17H2,(H,28,31). The lowest BCUT2D eigenvalue weighted by Gasteiger charge is -2.25. The van der Waals surface area contributed by atoms with E-state index in [0.717, 1.165) is 17.3 Å². The molecule has 4 rings (SSSR count). The van der Waals surface area contributed by atoms with Crippen LogP contribution in [0.25, 0.3) is 0 Å². The van der Waals surface area contributed by atoms with Crippen LogP contribution in [0.1, 0.15) is 12.0 Å². The molecule has 1 N–H and O–H groups in total. The molecule has 1 unspecified atom stereocenters. The Morgan fingerprint density at radius 3 is 2.71 bits per heavy atom. The molecule has 2 heterocycles. The topological polar surface area (TPSA) is 48.5 Å². The summed E-state index contributed by atoms with van der Waals surface area (Å²) in [6.45, 7) is 1.84. The SMILES string of the molecule is O=C(CN(Cc1cccnc1)c1ccccc1)NC1CCN(c2ccc(F)cc2F)C1. The predicted molar refractivity (Wildman–Crippen MR) is 117 cm³/mol. The van der Waals surface area contributed by atoms with Gasteiger partial charge in [-0.25, -0.2) is 8.78 Å². The number of anilines is 2. The molecule has 0 aliphatic carbocycles. The second-order valence-corrected chi connectivity index (χ2v) is 7.65. The third-order valence-electron chi connectivity index (χ3n) is 5.36. The Kier molecular flexibility index (Phi) is 6.40. The summed E-state index contributed by atoms with van der Waals surface area (Å²) in [4.78, 5) is 20.8. The minimum absolute atomic E-state index is 0.0898. The molecule has 31 heavy (non-hydrogen) atoms. The zero-order valence-corrected chi connectivity index (χ0v) is 17.0. The summed E-state index contributed by atoms with van der Waals surface area (Å²) < 4.78 is 27.3. The number of carbonyl (C=O) groups is 1. The quantitative estimate of drug-likeness (QED) is 0.630. The van der Waals surface area contributed by atoms with Crippen molar-refractivity contribution >= 4 is 17.3 Å². The molecule has 1 saturated heterocycles. The highest BCUT2D eigenvalue weighted by atomic mass is 19.1. The van der Waals surface area contributed by atoms with Gasteiger partial charge in [-0.05, 0) is 42.3 Å². The number of carbonyl (C=O) groups excluding carboxylic acids is 1. The number of hydrogen-bond acceptors (Lipinski definition) is 4. The van der Waals surface area contributed by atoms with Crippen LogP contribution in [-0.4, -0.2) is 36.6 Å². The zero-order chi connectivity index (χ0) is 21.6. The number of nitrogens with one attached hydrogen (secondary N) is 1. The van der Waals surface area contributed by atoms with Crippen LogP contribution >= 0.6 is 0 Å². The van der Waals surface area contributed by atoms with Crippen molar-refractivity contribution in [3.63, 3.8) is 0 Å². The molecule has 3 aromatic rings. The Balaban J connectivity index is 1.39. The van der Waals surface area contributed by atoms with E-state index >= 15 is 0 Å². The number of pyridine rings is 1. The normalized spacial score (nSPS) is 15.7. The fraction of sp³-hybridized carbons (Fsp3) is 0.250. The summed E-state index contributed by atoms with van der Waals surface area (Å²) in [5.41, 5.74) is 2.32. The van der Waals surface area contributed by atoms with Gasteiger partial charge < -0.3 is 15.1 Å². The maximum atomic E-state index is 14.1. The smallest absolute Gasteiger partial charge is 0.239 e. The van der Waals surface area contributed by atoms with Gasteiger partial charge in [0.25, 0.3) is 0 Å². The molecule has 1 amide bonds. The number of amides is 1. The Labute approximate surface area is 180 Å². The van der Waals surface area contributed by atoms with Gasteiger partial charge in [0.05, 0.1) is 12.2 Å². The lowest BCUT2D eigenvalue weighted by atomic mass is 10.2. The highest BCUT2D eigenvalue weighted by Gasteiger charge is 2.26. The van der Waals surface area contributed by atoms with E-state index in [2.05, 4.69) is 10.3 Å². The average molecular weight is 422 g/mol. The van der Waals surface area contributed by atoms with E-state index in [1.807, 2.05) is 52.3 Å². The summed E-state index contributed by atoms with van der Waals surface area (Å²) in [6.07, 6.45) is 4.22. The molecule has 7 heteroatoms. The van der Waals surface area contributed by atoms with Crippen molar-refractivity contribution in [3.05, 3.63) is 90.3 Å². The number of benzene rings is 2. The van der Waals surface area contributed by atoms with Crippen LogP contribution in [0.2, 0.25) is 0 Å². The first kappa shape index (κ1) is 20.8. The van der Waals surface area contributed by atoms with Gasteiger partial charge in [0, 0.05) is 49.8 Å². The van der Waals surface area contributed by atoms with Crippen LogP contribution in [0.5, 0.6) is 0 Å². The molecule has 0 saturated carbocycles. The van der Waals surface area contributed by atoms with Crippen LogP contribution in [0.4, 0.5) is 20.2 Å². The highest BCUT2D eigenvalue weighted by Crippen LogP contribution is 2.24. The first-order valence-electron chi connectivity index (χ1n) is 10.3. The van der Waals surface area contributed by atoms with Crippen molar-refractivity contribution in [1.82, 2.24) is 10.3 Å². The molecular weight excluding hydrogens is 398 g/mol. The first-order valence-corrected chi connectivity index (χ1v) is 10.3. The van der Waals surface area contributed by atoms with Gasteiger partial charge in [-0.15, -0.1) is 0 Å². The maximum Gasteiger partial charge on any atom is 0.239 e. The summed E-state index contributed by atoms with van der Waals surface area (Å²) in [5.74, 6) is -1.28. The van der Waals surface area contributed by atoms with Crippen molar-refractivity contribution in [1.29, 1.82) is 0 Å². The van der Waals surface area contributed by atoms with Crippen LogP contribution in [0.15, 0.2) is 73.1 Å². The molecule has 1 aromatic heterocycles. The molecule has 5 nitrogen and oxygen atoms in total. The number of para-hydroxylation sites is 1. The van der Waals surface area contributed by atoms with Crippen molar-refractivity contribution in [2.75, 3.05) is 29.4 Å². The molecule has 1 aliphatic rings. The Morgan fingerprint density at radius 2 is 1.97 bits per heavy atom. The Bertz CT molecular complexity index is 1020. The lowest BCUT2D eigenvalue weighted by Crippen LogP contribution is -2.43. The number of rotatable bonds is 7. The number of nitrogens with zero attached hydrogens (tertiary/aromatic N) is 3. The van der Waals surface area contributed by atoms with Crippen molar-refractivity contribution in [3.8, 4) is 0 Å². The summed E-state index contributed by atoms with van der Waals surface area (Å²) in [5, 5.41) is 3.06. The lowest BCUT2D eigenvalue weighted by molar-refractivity contribution is -0.120. The van der Waals surface area contributed by atoms with Crippen LogP contribution in [0.3, 0.4) is 0 Å². The number of halogens is 2. The summed E-state index contributed by atoms with van der Waals surface area (Å²) in [6, 6.07) is 17.1. The minimum atomic E-state index is -0.597. The number of hydrogen-bond donors (Lipinski definition) is 1. The van der Waals surface area contributed by atoms with Gasteiger partial charge in [-0.3, -0.25) is 9.78 Å². The summed E-state index contributed by atoms with van der Waals surface area (Å²) >= 11 is 0. The fourth-order valence-corrected chi connectivity index (χ4v) is 3.87. The van der Waals surface area contributed by atoms with E-state index in [4.69, 9.17) is 0 Å². The van der Waals surface area contributed by atoms with E-state index in [1.165, 1.54) is 12.1 Å². The molecule has 0 spiro atoms. The van der Waals surface area contributed by atoms with E-state index < -0.39 is 11.6 Å². The van der Waals surface area contributed by atoms with Crippen LogP contribution < -0.4 is 15.1 Å². The van der Waals surface area contributed by atoms with Crippen LogP contribution in [0, 0.1) is 11.6 Å². The largest absolute Gasteiger partial charge is 0.367 e. The number of aromatic nitrogens is 1. The molecule has 1 atom stereocenters. The molecular formula is C24H24F2N4O. The first-order chi connectivity index (χ1) is 15.1. The second-order valence-electron chi connectivity index (χ2n) is 7.65. The molecule has 0 radical (unpaired) electrons. The van der Waals surface area contributed by atoms with E-state index in [0.29, 0.717) is 31.7 Å². The third-order valence-corrected chi connectivity index (χ3v) is 5.36. The molecule has 2 aromatic carbocycles. The Morgan fingerprint density at radius 1 is 1.13 bits per heavy atom. The Hall–Kier alpha value is -3.48. The zero-order valence-electron chi connectivity index (χ0n) is 17.0. The highest BCUT2D eigenvalue weighted by molar-refractivity contribution is 5.81. The van der Waals surface area contributed by atoms with Crippen molar-refractivity contribution in [2.24, 2.45) is 0 Å². The maximum absolute atomic E-state index is 14.1. The van der Waals surface area contributed by atoms with Crippen molar-refractivity contribution in [2.45, 2.75) is 19.0 Å². The van der Waals surface area contributed by atoms with E-state index in [1.54, 1.807) is 12.4 Å². The van der Waals surface area contributed by atoms with Gasteiger partial charge in [0.1, 0.15) is 11.6 Å². The van der Waals surface area contributed by atoms with Gasteiger partial charge >= 0.3 is 0 Å². The van der Waals surface area contributed by atoms with Gasteiger partial charge in [0.2, 0.25) is 5.91 Å². The van der Waals surface area contributed by atoms with E-state index in [-0.39, 0.29) is 18.5 Å². The molecule has 1 aliphatic heterocycles. The second kappa shape index (κ2) is 9.55. The van der Waals surface area contributed by atoms with E-state index in [9.17, 15) is 13.6 Å². The molecule has 1 fully saturated rings. The van der Waals surface area contributed by atoms with Crippen molar-refractivity contribution < 1.29 is 13.6 Å². The van der Waals surface area contributed by atoms with Gasteiger partial charge in [-0.1, -0.05) is 24.3 Å². The molecule has 0 bridgehead atoms. The van der Waals surface area contributed by atoms with Gasteiger partial charge in [-0.2, -0.15) is 0 Å². The fourth-order valence-electron chi connectivity index (χ4n) is 3.87. The minimum Gasteiger partial charge on any atom is -0.367 e. The summed E-state index contributed by atoms with van der Waals surface area (Å²) in [7, 11) is 0. The predicted octanol–water partition coefficient (Wildman–Crippen LogP) is 3.76. The molecule has 160 valence electrons. The average Bonchev–Trinajstić information content (AvgIpc) is 3.22. The monoisotopic (exact) mass is 422 g/mol. The third kappa shape index (κ3) is 5.36.